The van der Waals surface area contributed by atoms with Crippen molar-refractivity contribution in [3.63, 3.8) is 0 Å². The first-order valence-corrected chi connectivity index (χ1v) is 35.1. The van der Waals surface area contributed by atoms with E-state index in [0.29, 0.717) is 77.3 Å². The van der Waals surface area contributed by atoms with Crippen molar-refractivity contribution in [2.24, 2.45) is 50.6 Å². The van der Waals surface area contributed by atoms with Crippen LogP contribution in [0.4, 0.5) is 0 Å². The number of carbonyl (C=O) groups is 1. The second-order valence-electron chi connectivity index (χ2n) is 27.8. The van der Waals surface area contributed by atoms with E-state index in [4.69, 9.17) is 29.7 Å². The van der Waals surface area contributed by atoms with Gasteiger partial charge in [-0.25, -0.2) is 4.99 Å². The molecule has 3 saturated carbocycles. The van der Waals surface area contributed by atoms with E-state index in [1.165, 1.54) is 17.2 Å². The number of ether oxygens (including phenoxy) is 4. The highest BCUT2D eigenvalue weighted by Crippen LogP contribution is 2.65. The average molecular weight is 1250 g/mol. The molecule has 16 nitrogen and oxygen atoms in total. The van der Waals surface area contributed by atoms with E-state index in [0.717, 1.165) is 113 Å². The lowest BCUT2D eigenvalue weighted by atomic mass is 9.55. The van der Waals surface area contributed by atoms with Gasteiger partial charge in [0, 0.05) is 79.3 Å². The number of rotatable bonds is 10. The van der Waals surface area contributed by atoms with Crippen LogP contribution in [0.3, 0.4) is 0 Å². The Hall–Kier alpha value is -4.86. The molecule has 3 aromatic rings. The van der Waals surface area contributed by atoms with Crippen molar-refractivity contribution < 1.29 is 54.4 Å². The molecule has 12 atom stereocenters. The number of nitrogens with two attached hydrogens (primary N) is 1. The van der Waals surface area contributed by atoms with Crippen LogP contribution in [0.2, 0.25) is 0 Å². The van der Waals surface area contributed by atoms with Gasteiger partial charge < -0.3 is 66.0 Å². The molecular weight excluding hydrogens is 1150 g/mol. The molecule has 4 aliphatic heterocycles. The van der Waals surface area contributed by atoms with Crippen molar-refractivity contribution in [1.82, 2.24) is 16.0 Å². The minimum absolute atomic E-state index is 0.0198. The molecule has 11 N–H and O–H groups in total. The molecule has 6 bridgehead atoms. The van der Waals surface area contributed by atoms with Crippen molar-refractivity contribution in [1.29, 1.82) is 0 Å². The van der Waals surface area contributed by atoms with Crippen molar-refractivity contribution in [2.75, 3.05) is 52.3 Å². The number of hydrogen-bond acceptors (Lipinski definition) is 18. The molecule has 0 unspecified atom stereocenters. The quantitative estimate of drug-likeness (QED) is 0.0518. The van der Waals surface area contributed by atoms with Crippen LogP contribution in [-0.2, 0) is 41.6 Å². The Labute approximate surface area is 528 Å². The molecule has 12 rings (SSSR count). The Kier molecular flexibility index (Phi) is 20.5. The lowest BCUT2D eigenvalue weighted by molar-refractivity contribution is -0.121. The summed E-state index contributed by atoms with van der Waals surface area (Å²) in [6, 6.07) is 10.8. The first-order chi connectivity index (χ1) is 42.5. The first-order valence-electron chi connectivity index (χ1n) is 32.6. The Morgan fingerprint density at radius 1 is 0.875 bits per heavy atom. The third kappa shape index (κ3) is 13.8. The number of fused-ring (bicyclic) bond motifs is 8. The number of benzene rings is 3. The number of hydrogen-bond donors (Lipinski definition) is 10. The number of aliphatic hydroxyl groups is 4. The van der Waals surface area contributed by atoms with Crippen LogP contribution in [-0.4, -0.2) is 131 Å². The van der Waals surface area contributed by atoms with Gasteiger partial charge >= 0.3 is 0 Å². The number of aryl methyl sites for hydroxylation is 2. The highest BCUT2D eigenvalue weighted by molar-refractivity contribution is 8.76. The maximum absolute atomic E-state index is 13.6. The van der Waals surface area contributed by atoms with Gasteiger partial charge in [-0.2, -0.15) is 0 Å². The Balaban J connectivity index is 1.06. The summed E-state index contributed by atoms with van der Waals surface area (Å²) in [5.74, 6) is 16.9. The molecular formula is C70H95N5O11S2. The normalized spacial score (nSPS) is 31.9. The van der Waals surface area contributed by atoms with Gasteiger partial charge in [-0.05, 0) is 184 Å². The number of ketones is 1. The summed E-state index contributed by atoms with van der Waals surface area (Å²) in [7, 11) is 7.29. The summed E-state index contributed by atoms with van der Waals surface area (Å²) in [6.45, 7) is 4.50. The largest absolute Gasteiger partial charge is 0.508 e. The van der Waals surface area contributed by atoms with Gasteiger partial charge in [0.15, 0.2) is 35.8 Å². The molecule has 3 fully saturated rings. The minimum atomic E-state index is -1.28. The molecule has 0 saturated heterocycles. The van der Waals surface area contributed by atoms with E-state index in [9.17, 15) is 35.4 Å². The first kappa shape index (κ1) is 64.7. The van der Waals surface area contributed by atoms with E-state index in [1.54, 1.807) is 34.8 Å². The number of phenolic OH excluding ortho intramolecular Hbond substituents is 2. The minimum Gasteiger partial charge on any atom is -0.508 e. The summed E-state index contributed by atoms with van der Waals surface area (Å²) < 4.78 is 26.1. The van der Waals surface area contributed by atoms with Crippen LogP contribution in [0, 0.1) is 63.6 Å². The number of nitrogens with zero attached hydrogens (tertiary/aromatic N) is 1. The third-order valence-electron chi connectivity index (χ3n) is 22.0. The van der Waals surface area contributed by atoms with Gasteiger partial charge in [0.1, 0.15) is 18.3 Å². The van der Waals surface area contributed by atoms with Gasteiger partial charge in [0.2, 0.25) is 6.29 Å². The zero-order chi connectivity index (χ0) is 61.8. The highest BCUT2D eigenvalue weighted by Gasteiger charge is 2.58. The number of guanidine groups is 1. The van der Waals surface area contributed by atoms with Gasteiger partial charge in [0.25, 0.3) is 0 Å². The molecule has 18 heteroatoms. The lowest BCUT2D eigenvalue weighted by Crippen LogP contribution is -2.59. The Bertz CT molecular complexity index is 3150. The zero-order valence-electron chi connectivity index (χ0n) is 52.1. The van der Waals surface area contributed by atoms with Gasteiger partial charge in [-0.15, -0.1) is 0 Å². The number of carbonyl (C=O) groups excluding carboxylic acids is 1. The SMILES string of the molecule is CNC[C@@H]1CC[C@@]2(CC[C@]3(CC[C@H](CC4([C@H](CO)OC)CCCC4)[C@]4(CC#C[C@H]5NC(N)=N[C@@H](C(C)C)CSSC[C@H]5[C@H]5Cc6c7cc(c(c6O[C@@H]5O)OCN4)CC#Cc4c(ccc(O)c4OCO)CCC(=O)C[C@H](O)CC7)C3)C2)Cc2ccc(O)cc21. The second kappa shape index (κ2) is 27.9. The van der Waals surface area contributed by atoms with Crippen molar-refractivity contribution >= 4 is 33.3 Å². The molecule has 3 aromatic carbocycles. The number of likely N-dealkylation sites (N-methyl/N-ethyl adjacent to an activating group) is 1. The molecule has 3 spiro atoms. The van der Waals surface area contributed by atoms with E-state index in [2.05, 4.69) is 65.6 Å². The number of phenols is 2. The van der Waals surface area contributed by atoms with Crippen LogP contribution in [0.15, 0.2) is 41.4 Å². The number of aromatic hydroxyl groups is 2. The highest BCUT2D eigenvalue weighted by atomic mass is 33.1. The maximum atomic E-state index is 13.6. The van der Waals surface area contributed by atoms with E-state index in [-0.39, 0.29) is 102 Å². The fourth-order valence-electron chi connectivity index (χ4n) is 17.4. The smallest absolute Gasteiger partial charge is 0.201 e. The molecule has 88 heavy (non-hydrogen) atoms. The van der Waals surface area contributed by atoms with Crippen molar-refractivity contribution in [3.8, 4) is 52.4 Å². The third-order valence-corrected chi connectivity index (χ3v) is 24.5. The van der Waals surface area contributed by atoms with Crippen LogP contribution in [0.1, 0.15) is 168 Å². The van der Waals surface area contributed by atoms with Gasteiger partial charge in [0.05, 0.1) is 36.5 Å². The monoisotopic (exact) mass is 1250 g/mol. The van der Waals surface area contributed by atoms with E-state index in [1.807, 2.05) is 19.2 Å². The standard InChI is InChI=1S/C70H95N5O11S2/c1-43(2)59-38-88-87-37-57-56-32-55-45-13-17-51(79)30-50(78)16-12-44-15-19-60(81)63(85-42-77)53(44)10-7-9-46(29-45)62(64(55)86-65(56)82)84-41-73-70(24-8-11-58(57)74-66(71)75-59)40-68(26-21-49(70)34-69(22-5-6-23-69)61(36-76)83-4)28-27-67(39-68)25-20-48(35-72-3)54-31-52(80)18-14-47(54)33-67/h14-15,18-19,29,31,43,48-49,51,56-59,61,65,72-73,76-77,79-82H,5-6,9,12-13,16-17,20-28,30,32-42H2,1-4H3,(H3,71,74,75)/t48-,49+,51+,56+,57-,58+,59+,61-,65-,67+,68+,70-/m0/s1. The number of aliphatic hydroxyl groups excluding tert-OH is 4. The fraction of sp³-hybridized carbons (Fsp3) is 0.657. The predicted octanol–water partition coefficient (Wildman–Crippen LogP) is 8.72. The van der Waals surface area contributed by atoms with Crippen LogP contribution < -0.4 is 35.9 Å². The fourth-order valence-corrected chi connectivity index (χ4v) is 20.3. The lowest BCUT2D eigenvalue weighted by Gasteiger charge is -2.54. The van der Waals surface area contributed by atoms with Crippen LogP contribution in [0.25, 0.3) is 0 Å². The maximum Gasteiger partial charge on any atom is 0.201 e. The second-order valence-corrected chi connectivity index (χ2v) is 30.3. The number of aliphatic imine (C=N–C) groups is 1. The molecule has 0 amide bonds. The number of nitrogens with one attached hydrogen (secondary N) is 3. The molecule has 478 valence electrons. The molecule has 0 radical (unpaired) electrons. The summed E-state index contributed by atoms with van der Waals surface area (Å²) in [5, 5.41) is 78.6. The number of Topliss-reactive ketones (excluding diaryl/α,β-unsaturated/α-hetero) is 1. The van der Waals surface area contributed by atoms with Crippen LogP contribution in [0.5, 0.6) is 28.7 Å². The zero-order valence-corrected chi connectivity index (χ0v) is 53.7. The molecule has 4 heterocycles. The summed E-state index contributed by atoms with van der Waals surface area (Å²) in [5.41, 5.74) is 12.3. The summed E-state index contributed by atoms with van der Waals surface area (Å²) in [4.78, 5) is 18.7. The van der Waals surface area contributed by atoms with Crippen molar-refractivity contribution in [3.05, 3.63) is 75.3 Å². The van der Waals surface area contributed by atoms with Crippen LogP contribution >= 0.6 is 21.6 Å². The topological polar surface area (TPSA) is 250 Å². The molecule has 0 aromatic heterocycles. The summed E-state index contributed by atoms with van der Waals surface area (Å²) >= 11 is 0. The predicted molar refractivity (Wildman–Crippen MR) is 345 cm³/mol. The summed E-state index contributed by atoms with van der Waals surface area (Å²) in [6.07, 6.45) is 13.8. The van der Waals surface area contributed by atoms with Crippen molar-refractivity contribution in [2.45, 2.75) is 197 Å². The Morgan fingerprint density at radius 2 is 1.67 bits per heavy atom. The Morgan fingerprint density at radius 3 is 2.45 bits per heavy atom. The average Bonchev–Trinajstić information content (AvgIpc) is 1.48. The number of methoxy groups -OCH3 is 1. The molecule has 5 aliphatic carbocycles. The molecule has 9 aliphatic rings. The van der Waals surface area contributed by atoms with E-state index >= 15 is 0 Å². The van der Waals surface area contributed by atoms with E-state index < -0.39 is 36.7 Å². The van der Waals surface area contributed by atoms with Gasteiger partial charge in [-0.3, -0.25) is 10.1 Å². The van der Waals surface area contributed by atoms with Gasteiger partial charge in [-0.1, -0.05) is 90.2 Å².